The molecule has 1 amide bonds. The van der Waals surface area contributed by atoms with E-state index in [-0.39, 0.29) is 11.7 Å². The number of carbonyl (C=O) groups is 2. The molecule has 0 aliphatic rings. The van der Waals surface area contributed by atoms with Gasteiger partial charge in [-0.15, -0.1) is 0 Å². The molecule has 0 spiro atoms. The lowest BCUT2D eigenvalue weighted by molar-refractivity contribution is -0.156. The Morgan fingerprint density at radius 1 is 1.00 bits per heavy atom. The number of carbonyl (C=O) groups excluding carboxylic acids is 2. The maximum Gasteiger partial charge on any atom is 0.416 e. The van der Waals surface area contributed by atoms with Gasteiger partial charge in [-0.25, -0.2) is 9.59 Å². The van der Waals surface area contributed by atoms with Gasteiger partial charge < -0.3 is 19.5 Å². The van der Waals surface area contributed by atoms with Crippen LogP contribution in [0.15, 0.2) is 24.3 Å². The molecule has 1 aromatic rings. The summed E-state index contributed by atoms with van der Waals surface area (Å²) in [6.45, 7) is 12.2. The van der Waals surface area contributed by atoms with Gasteiger partial charge in [-0.2, -0.15) is 13.2 Å². The van der Waals surface area contributed by atoms with E-state index in [1.54, 1.807) is 27.7 Å². The van der Waals surface area contributed by atoms with Crippen LogP contribution in [0.25, 0.3) is 0 Å². The zero-order valence-corrected chi connectivity index (χ0v) is 19.7. The van der Waals surface area contributed by atoms with Gasteiger partial charge in [0.25, 0.3) is 0 Å². The molecule has 1 aromatic carbocycles. The maximum absolute atomic E-state index is 12.8. The molecule has 182 valence electrons. The Morgan fingerprint density at radius 3 is 1.97 bits per heavy atom. The lowest BCUT2D eigenvalue weighted by atomic mass is 9.93. The summed E-state index contributed by atoms with van der Waals surface area (Å²) in [4.78, 5) is 24.4. The van der Waals surface area contributed by atoms with Gasteiger partial charge in [0.1, 0.15) is 29.6 Å². The minimum atomic E-state index is -4.44. The van der Waals surface area contributed by atoms with Gasteiger partial charge in [0.15, 0.2) is 0 Å². The summed E-state index contributed by atoms with van der Waals surface area (Å²) >= 11 is 0. The second kappa shape index (κ2) is 11.4. The first-order valence-corrected chi connectivity index (χ1v) is 10.7. The summed E-state index contributed by atoms with van der Waals surface area (Å²) in [7, 11) is 0. The van der Waals surface area contributed by atoms with Crippen LogP contribution < -0.4 is 10.1 Å². The lowest BCUT2D eigenvalue weighted by Gasteiger charge is -2.31. The molecule has 0 radical (unpaired) electrons. The average molecular weight is 462 g/mol. The molecule has 1 N–H and O–H groups in total. The van der Waals surface area contributed by atoms with Gasteiger partial charge in [-0.3, -0.25) is 0 Å². The fourth-order valence-electron chi connectivity index (χ4n) is 3.10. The number of benzene rings is 1. The minimum Gasteiger partial charge on any atom is -0.486 e. The van der Waals surface area contributed by atoms with Crippen molar-refractivity contribution in [3.63, 3.8) is 0 Å². The highest BCUT2D eigenvalue weighted by Gasteiger charge is 2.33. The van der Waals surface area contributed by atoms with Crippen LogP contribution in [0.5, 0.6) is 5.75 Å². The molecule has 32 heavy (non-hydrogen) atoms. The Bertz CT molecular complexity index is 739. The maximum atomic E-state index is 12.8. The largest absolute Gasteiger partial charge is 0.486 e. The Morgan fingerprint density at radius 2 is 1.53 bits per heavy atom. The van der Waals surface area contributed by atoms with Crippen LogP contribution in [0, 0.1) is 5.92 Å². The second-order valence-electron chi connectivity index (χ2n) is 8.69. The van der Waals surface area contributed by atoms with Crippen molar-refractivity contribution in [3.8, 4) is 5.75 Å². The van der Waals surface area contributed by atoms with Gasteiger partial charge >= 0.3 is 18.2 Å². The molecule has 0 heterocycles. The molecule has 0 saturated heterocycles. The molecule has 0 aliphatic heterocycles. The summed E-state index contributed by atoms with van der Waals surface area (Å²) in [6.07, 6.45) is -5.04. The van der Waals surface area contributed by atoms with Crippen LogP contribution in [0.2, 0.25) is 0 Å². The molecule has 0 bridgehead atoms. The van der Waals surface area contributed by atoms with Crippen molar-refractivity contribution in [3.05, 3.63) is 29.8 Å². The van der Waals surface area contributed by atoms with Crippen molar-refractivity contribution in [2.45, 2.75) is 91.3 Å². The number of rotatable bonds is 9. The number of hydrogen-bond donors (Lipinski definition) is 1. The van der Waals surface area contributed by atoms with Crippen LogP contribution in [0.1, 0.15) is 66.9 Å². The molecule has 1 rings (SSSR count). The molecule has 0 saturated carbocycles. The van der Waals surface area contributed by atoms with Crippen molar-refractivity contribution in [1.29, 1.82) is 0 Å². The van der Waals surface area contributed by atoms with E-state index in [0.29, 0.717) is 0 Å². The summed E-state index contributed by atoms with van der Waals surface area (Å²) in [5.74, 6) is -0.428. The Labute approximate surface area is 187 Å². The Kier molecular flexibility index (Phi) is 9.85. The third kappa shape index (κ3) is 8.96. The van der Waals surface area contributed by atoms with E-state index in [9.17, 15) is 22.8 Å². The van der Waals surface area contributed by atoms with Gasteiger partial charge in [0.2, 0.25) is 0 Å². The summed E-state index contributed by atoms with van der Waals surface area (Å²) in [5.41, 5.74) is -1.48. The highest BCUT2D eigenvalue weighted by atomic mass is 19.4. The SMILES string of the molecule is CCC(CC)[C@@H](Oc1ccc(C(F)(F)F)cc1)[C@H](C)OC(=O)[C@H](C)NC(=O)OC(C)(C)C. The van der Waals surface area contributed by atoms with Crippen molar-refractivity contribution < 1.29 is 37.0 Å². The molecular weight excluding hydrogens is 427 g/mol. The van der Waals surface area contributed by atoms with Crippen molar-refractivity contribution >= 4 is 12.1 Å². The number of halogens is 3. The molecule has 0 aliphatic carbocycles. The van der Waals surface area contributed by atoms with Crippen LogP contribution in [-0.4, -0.2) is 35.9 Å². The number of hydrogen-bond acceptors (Lipinski definition) is 5. The van der Waals surface area contributed by atoms with Gasteiger partial charge in [0, 0.05) is 0 Å². The number of alkyl halides is 3. The second-order valence-corrected chi connectivity index (χ2v) is 8.69. The summed E-state index contributed by atoms with van der Waals surface area (Å²) < 4.78 is 55.1. The Hall–Kier alpha value is -2.45. The summed E-state index contributed by atoms with van der Waals surface area (Å²) in [5, 5.41) is 2.42. The monoisotopic (exact) mass is 461 g/mol. The summed E-state index contributed by atoms with van der Waals surface area (Å²) in [6, 6.07) is 3.44. The molecule has 6 nitrogen and oxygen atoms in total. The normalized spacial score (nSPS) is 15.0. The molecule has 0 unspecified atom stereocenters. The first-order chi connectivity index (χ1) is 14.7. The Balaban J connectivity index is 2.88. The zero-order chi connectivity index (χ0) is 24.7. The number of alkyl carbamates (subject to hydrolysis) is 1. The van der Waals surface area contributed by atoms with E-state index >= 15 is 0 Å². The number of nitrogens with one attached hydrogen (secondary N) is 1. The van der Waals surface area contributed by atoms with Crippen molar-refractivity contribution in [2.24, 2.45) is 5.92 Å². The standard InChI is InChI=1S/C23H34F3NO5/c1-8-16(9-2)19(31-18-12-10-17(11-13-18)23(24,25)26)15(4)30-20(28)14(3)27-21(29)32-22(5,6)7/h10-16,19H,8-9H2,1-7H3,(H,27,29)/t14-,15-,19-/m0/s1. The molecule has 9 heteroatoms. The zero-order valence-electron chi connectivity index (χ0n) is 19.7. The number of ether oxygens (including phenoxy) is 3. The van der Waals surface area contributed by atoms with Gasteiger partial charge in [-0.05, 0) is 77.6 Å². The third-order valence-electron chi connectivity index (χ3n) is 4.82. The lowest BCUT2D eigenvalue weighted by Crippen LogP contribution is -2.46. The van der Waals surface area contributed by atoms with E-state index < -0.39 is 47.7 Å². The first-order valence-electron chi connectivity index (χ1n) is 10.7. The highest BCUT2D eigenvalue weighted by molar-refractivity contribution is 5.81. The molecular formula is C23H34F3NO5. The van der Waals surface area contributed by atoms with E-state index in [1.807, 2.05) is 13.8 Å². The fraction of sp³-hybridized carbons (Fsp3) is 0.652. The molecule has 0 aromatic heterocycles. The smallest absolute Gasteiger partial charge is 0.416 e. The van der Waals surface area contributed by atoms with E-state index in [2.05, 4.69) is 5.32 Å². The number of amides is 1. The predicted octanol–water partition coefficient (Wildman–Crippen LogP) is 5.73. The van der Waals surface area contributed by atoms with Crippen molar-refractivity contribution in [1.82, 2.24) is 5.32 Å². The van der Waals surface area contributed by atoms with Gasteiger partial charge in [0.05, 0.1) is 5.56 Å². The van der Waals surface area contributed by atoms with E-state index in [1.165, 1.54) is 19.1 Å². The van der Waals surface area contributed by atoms with Crippen LogP contribution in [-0.2, 0) is 20.4 Å². The van der Waals surface area contributed by atoms with Crippen LogP contribution in [0.4, 0.5) is 18.0 Å². The molecule has 3 atom stereocenters. The van der Waals surface area contributed by atoms with Crippen LogP contribution in [0.3, 0.4) is 0 Å². The number of esters is 1. The average Bonchev–Trinajstić information content (AvgIpc) is 2.66. The topological polar surface area (TPSA) is 73.9 Å². The van der Waals surface area contributed by atoms with Crippen LogP contribution >= 0.6 is 0 Å². The quantitative estimate of drug-likeness (QED) is 0.475. The minimum absolute atomic E-state index is 0.00536. The predicted molar refractivity (Wildman–Crippen MR) is 114 cm³/mol. The highest BCUT2D eigenvalue weighted by Crippen LogP contribution is 2.31. The molecule has 0 fully saturated rings. The van der Waals surface area contributed by atoms with Gasteiger partial charge in [-0.1, -0.05) is 13.8 Å². The third-order valence-corrected chi connectivity index (χ3v) is 4.82. The first kappa shape index (κ1) is 27.6. The van der Waals surface area contributed by atoms with E-state index in [0.717, 1.165) is 25.0 Å². The van der Waals surface area contributed by atoms with E-state index in [4.69, 9.17) is 14.2 Å². The fourth-order valence-corrected chi connectivity index (χ4v) is 3.10. The van der Waals surface area contributed by atoms with Crippen molar-refractivity contribution in [2.75, 3.05) is 0 Å².